The Morgan fingerprint density at radius 3 is 2.59 bits per heavy atom. The molecule has 0 bridgehead atoms. The number of nitrogens with one attached hydrogen (secondary N) is 1. The lowest BCUT2D eigenvalue weighted by Crippen LogP contribution is -2.43. The van der Waals surface area contributed by atoms with Gasteiger partial charge in [-0.25, -0.2) is 9.97 Å². The first-order valence-corrected chi connectivity index (χ1v) is 11.7. The maximum Gasteiger partial charge on any atom is 0.282 e. The van der Waals surface area contributed by atoms with E-state index >= 15 is 0 Å². The van der Waals surface area contributed by atoms with Crippen LogP contribution in [0.2, 0.25) is 10.0 Å². The quantitative estimate of drug-likeness (QED) is 0.418. The molecule has 0 saturated carbocycles. The first-order chi connectivity index (χ1) is 16.2. The van der Waals surface area contributed by atoms with E-state index in [1.165, 1.54) is 22.0 Å². The molecule has 7 nitrogen and oxygen atoms in total. The van der Waals surface area contributed by atoms with Gasteiger partial charge in [-0.2, -0.15) is 9.78 Å². The van der Waals surface area contributed by atoms with Gasteiger partial charge in [0.15, 0.2) is 0 Å². The van der Waals surface area contributed by atoms with Gasteiger partial charge in [-0.1, -0.05) is 35.3 Å². The molecule has 1 aliphatic rings. The maximum atomic E-state index is 13.2. The molecule has 0 atom stereocenters. The third-order valence-electron chi connectivity index (χ3n) is 6.64. The summed E-state index contributed by atoms with van der Waals surface area (Å²) in [6.07, 6.45) is 2.50. The van der Waals surface area contributed by atoms with Crippen molar-refractivity contribution in [1.29, 1.82) is 0 Å². The van der Waals surface area contributed by atoms with Gasteiger partial charge >= 0.3 is 0 Å². The van der Waals surface area contributed by atoms with Gasteiger partial charge in [0.2, 0.25) is 5.95 Å². The van der Waals surface area contributed by atoms with E-state index in [2.05, 4.69) is 58.3 Å². The molecule has 0 radical (unpaired) electrons. The summed E-state index contributed by atoms with van der Waals surface area (Å²) in [6.45, 7) is 7.27. The molecule has 174 valence electrons. The summed E-state index contributed by atoms with van der Waals surface area (Å²) in [5.41, 5.74) is 4.51. The Labute approximate surface area is 207 Å². The van der Waals surface area contributed by atoms with Crippen LogP contribution in [0.15, 0.2) is 47.4 Å². The molecule has 2 aromatic heterocycles. The highest BCUT2D eigenvalue weighted by Crippen LogP contribution is 2.35. The number of fused-ring (bicyclic) bond motifs is 2. The number of halogens is 2. The topological polar surface area (TPSA) is 75.9 Å². The molecule has 34 heavy (non-hydrogen) atoms. The van der Waals surface area contributed by atoms with E-state index in [9.17, 15) is 4.79 Å². The monoisotopic (exact) mass is 494 g/mol. The predicted octanol–water partition coefficient (Wildman–Crippen LogP) is 5.26. The Balaban J connectivity index is 1.53. The lowest BCUT2D eigenvalue weighted by atomic mass is 9.83. The van der Waals surface area contributed by atoms with Gasteiger partial charge in [-0.15, -0.1) is 0 Å². The highest BCUT2D eigenvalue weighted by Gasteiger charge is 2.31. The first-order valence-electron chi connectivity index (χ1n) is 11.0. The number of hydrogen-bond acceptors (Lipinski definition) is 6. The summed E-state index contributed by atoms with van der Waals surface area (Å²) in [5.74, 6) is 0.400. The van der Waals surface area contributed by atoms with Gasteiger partial charge in [0.05, 0.1) is 21.1 Å². The van der Waals surface area contributed by atoms with E-state index in [1.54, 1.807) is 25.1 Å². The number of aromatic nitrogens is 4. The minimum atomic E-state index is -0.387. The SMILES string of the molecule is Cc1nn(-c2c(Cl)cccc2Cl)c(=O)c2cnc(Nc3ccc4c(c3)CCN(C)C4(C)C)nc12. The molecular formula is C25H24Cl2N6O. The van der Waals surface area contributed by atoms with Crippen molar-refractivity contribution in [3.8, 4) is 5.69 Å². The molecule has 9 heteroatoms. The van der Waals surface area contributed by atoms with Crippen molar-refractivity contribution in [3.63, 3.8) is 0 Å². The third-order valence-corrected chi connectivity index (χ3v) is 7.25. The van der Waals surface area contributed by atoms with Crippen molar-refractivity contribution in [2.75, 3.05) is 18.9 Å². The molecule has 0 saturated heterocycles. The largest absolute Gasteiger partial charge is 0.324 e. The van der Waals surface area contributed by atoms with E-state index < -0.39 is 0 Å². The Kier molecular flexibility index (Phi) is 5.59. The second-order valence-corrected chi connectivity index (χ2v) is 9.87. The van der Waals surface area contributed by atoms with Gasteiger partial charge in [0.1, 0.15) is 11.2 Å². The number of nitrogens with zero attached hydrogens (tertiary/aromatic N) is 5. The lowest BCUT2D eigenvalue weighted by molar-refractivity contribution is 0.143. The molecule has 0 spiro atoms. The van der Waals surface area contributed by atoms with Crippen molar-refractivity contribution in [2.45, 2.75) is 32.7 Å². The van der Waals surface area contributed by atoms with Gasteiger partial charge in [0.25, 0.3) is 5.56 Å². The van der Waals surface area contributed by atoms with Crippen LogP contribution in [-0.2, 0) is 12.0 Å². The Morgan fingerprint density at radius 2 is 1.85 bits per heavy atom. The summed E-state index contributed by atoms with van der Waals surface area (Å²) in [7, 11) is 2.15. The Morgan fingerprint density at radius 1 is 1.12 bits per heavy atom. The zero-order valence-electron chi connectivity index (χ0n) is 19.4. The number of anilines is 2. The van der Waals surface area contributed by atoms with Crippen LogP contribution in [-0.4, -0.2) is 38.2 Å². The van der Waals surface area contributed by atoms with Gasteiger partial charge < -0.3 is 5.32 Å². The minimum Gasteiger partial charge on any atom is -0.324 e. The number of para-hydroxylation sites is 1. The third kappa shape index (κ3) is 3.74. The average Bonchev–Trinajstić information content (AvgIpc) is 2.79. The molecule has 0 amide bonds. The second kappa shape index (κ2) is 8.34. The Bertz CT molecular complexity index is 1480. The lowest BCUT2D eigenvalue weighted by Gasteiger charge is -2.41. The smallest absolute Gasteiger partial charge is 0.282 e. The van der Waals surface area contributed by atoms with Gasteiger partial charge in [0, 0.05) is 24.0 Å². The molecular weight excluding hydrogens is 471 g/mol. The van der Waals surface area contributed by atoms with Crippen LogP contribution in [0, 0.1) is 6.92 Å². The second-order valence-electron chi connectivity index (χ2n) is 9.06. The molecule has 5 rings (SSSR count). The molecule has 2 aromatic carbocycles. The average molecular weight is 495 g/mol. The standard InChI is InChI=1S/C25H24Cl2N6O/c1-14-21-17(23(34)33(31-14)22-19(26)6-5-7-20(22)27)13-28-24(30-21)29-16-8-9-18-15(12-16)10-11-32(4)25(18,2)3/h5-9,12-13H,10-11H2,1-4H3,(H,28,29,30). The van der Waals surface area contributed by atoms with Crippen LogP contribution >= 0.6 is 23.2 Å². The van der Waals surface area contributed by atoms with E-state index in [0.717, 1.165) is 18.7 Å². The van der Waals surface area contributed by atoms with Crippen molar-refractivity contribution in [2.24, 2.45) is 0 Å². The molecule has 3 heterocycles. The highest BCUT2D eigenvalue weighted by molar-refractivity contribution is 6.37. The van der Waals surface area contributed by atoms with Crippen molar-refractivity contribution in [3.05, 3.63) is 79.8 Å². The molecule has 0 aliphatic carbocycles. The molecule has 0 unspecified atom stereocenters. The van der Waals surface area contributed by atoms with Gasteiger partial charge in [-0.05, 0) is 69.6 Å². The number of benzene rings is 2. The van der Waals surface area contributed by atoms with Crippen LogP contribution in [0.3, 0.4) is 0 Å². The number of hydrogen-bond donors (Lipinski definition) is 1. The first kappa shape index (κ1) is 22.8. The van der Waals surface area contributed by atoms with Crippen molar-refractivity contribution >= 4 is 45.7 Å². The van der Waals surface area contributed by atoms with Crippen LogP contribution in [0.4, 0.5) is 11.6 Å². The zero-order valence-corrected chi connectivity index (χ0v) is 20.9. The van der Waals surface area contributed by atoms with Crippen LogP contribution in [0.5, 0.6) is 0 Å². The summed E-state index contributed by atoms with van der Waals surface area (Å²) in [6, 6.07) is 11.4. The number of aryl methyl sites for hydroxylation is 1. The number of likely N-dealkylation sites (N-methyl/N-ethyl adjacent to an activating group) is 1. The van der Waals surface area contributed by atoms with E-state index in [4.69, 9.17) is 23.2 Å². The molecule has 1 N–H and O–H groups in total. The number of rotatable bonds is 3. The van der Waals surface area contributed by atoms with Crippen LogP contribution in [0.25, 0.3) is 16.6 Å². The Hall–Kier alpha value is -3.00. The van der Waals surface area contributed by atoms with Gasteiger partial charge in [-0.3, -0.25) is 9.69 Å². The normalized spacial score (nSPS) is 15.4. The highest BCUT2D eigenvalue weighted by atomic mass is 35.5. The fourth-order valence-electron chi connectivity index (χ4n) is 4.45. The predicted molar refractivity (Wildman–Crippen MR) is 137 cm³/mol. The summed E-state index contributed by atoms with van der Waals surface area (Å²) < 4.78 is 1.21. The van der Waals surface area contributed by atoms with Crippen LogP contribution < -0.4 is 10.9 Å². The summed E-state index contributed by atoms with van der Waals surface area (Å²) in [4.78, 5) is 24.5. The fraction of sp³-hybridized carbons (Fsp3) is 0.280. The van der Waals surface area contributed by atoms with Crippen LogP contribution in [0.1, 0.15) is 30.7 Å². The molecule has 4 aromatic rings. The van der Waals surface area contributed by atoms with E-state index in [-0.39, 0.29) is 11.1 Å². The zero-order chi connectivity index (χ0) is 24.2. The van der Waals surface area contributed by atoms with E-state index in [0.29, 0.717) is 38.3 Å². The summed E-state index contributed by atoms with van der Waals surface area (Å²) in [5, 5.41) is 8.72. The van der Waals surface area contributed by atoms with Crippen molar-refractivity contribution in [1.82, 2.24) is 24.6 Å². The van der Waals surface area contributed by atoms with E-state index in [1.807, 2.05) is 6.07 Å². The molecule has 0 fully saturated rings. The minimum absolute atomic E-state index is 0.0151. The molecule has 1 aliphatic heterocycles. The maximum absolute atomic E-state index is 13.2. The fourth-order valence-corrected chi connectivity index (χ4v) is 5.01. The van der Waals surface area contributed by atoms with Crippen molar-refractivity contribution < 1.29 is 0 Å². The summed E-state index contributed by atoms with van der Waals surface area (Å²) >= 11 is 12.6.